The van der Waals surface area contributed by atoms with Gasteiger partial charge in [-0.3, -0.25) is 14.9 Å². The predicted molar refractivity (Wildman–Crippen MR) is 101 cm³/mol. The van der Waals surface area contributed by atoms with Crippen molar-refractivity contribution in [2.75, 3.05) is 44.4 Å². The molecular weight excluding hydrogens is 366 g/mol. The number of likely N-dealkylation sites (tertiary alicyclic amines) is 1. The van der Waals surface area contributed by atoms with Gasteiger partial charge in [0.05, 0.1) is 23.7 Å². The Labute approximate surface area is 163 Å². The van der Waals surface area contributed by atoms with Crippen LogP contribution in [0.3, 0.4) is 0 Å². The minimum Gasteiger partial charge on any atom is -0.452 e. The van der Waals surface area contributed by atoms with Gasteiger partial charge in [0, 0.05) is 31.7 Å². The van der Waals surface area contributed by atoms with Crippen LogP contribution in [0, 0.1) is 10.1 Å². The summed E-state index contributed by atoms with van der Waals surface area (Å²) in [6, 6.07) is 4.39. The van der Waals surface area contributed by atoms with Crippen LogP contribution in [0.2, 0.25) is 0 Å². The Hall–Kier alpha value is -2.68. The molecule has 2 heterocycles. The van der Waals surface area contributed by atoms with E-state index in [1.54, 1.807) is 11.0 Å². The smallest absolute Gasteiger partial charge is 0.338 e. The summed E-state index contributed by atoms with van der Waals surface area (Å²) >= 11 is 0. The van der Waals surface area contributed by atoms with Gasteiger partial charge in [0.2, 0.25) is 0 Å². The Morgan fingerprint density at radius 1 is 1.25 bits per heavy atom. The number of hydrogen-bond acceptors (Lipinski definition) is 7. The number of hydrogen-bond donors (Lipinski definition) is 0. The molecule has 0 radical (unpaired) electrons. The van der Waals surface area contributed by atoms with Crippen molar-refractivity contribution in [1.29, 1.82) is 0 Å². The van der Waals surface area contributed by atoms with Gasteiger partial charge in [-0.1, -0.05) is 0 Å². The van der Waals surface area contributed by atoms with Gasteiger partial charge in [-0.2, -0.15) is 0 Å². The lowest BCUT2D eigenvalue weighted by molar-refractivity contribution is -0.384. The van der Waals surface area contributed by atoms with Crippen molar-refractivity contribution in [2.24, 2.45) is 0 Å². The Morgan fingerprint density at radius 3 is 2.68 bits per heavy atom. The zero-order valence-electron chi connectivity index (χ0n) is 16.0. The van der Waals surface area contributed by atoms with Crippen molar-refractivity contribution in [3.05, 3.63) is 33.9 Å². The number of carbonyl (C=O) groups excluding carboxylic acids is 2. The molecule has 0 N–H and O–H groups in total. The number of nitrogens with zero attached hydrogens (tertiary/aromatic N) is 3. The van der Waals surface area contributed by atoms with E-state index < -0.39 is 10.9 Å². The van der Waals surface area contributed by atoms with E-state index >= 15 is 0 Å². The van der Waals surface area contributed by atoms with E-state index in [0.29, 0.717) is 38.5 Å². The van der Waals surface area contributed by atoms with E-state index in [4.69, 9.17) is 9.47 Å². The Kier molecular flexibility index (Phi) is 6.45. The van der Waals surface area contributed by atoms with Crippen LogP contribution in [0.25, 0.3) is 0 Å². The third kappa shape index (κ3) is 4.59. The minimum atomic E-state index is -0.741. The van der Waals surface area contributed by atoms with Crippen LogP contribution in [-0.4, -0.2) is 67.2 Å². The third-order valence-electron chi connectivity index (χ3n) is 5.21. The second kappa shape index (κ2) is 9.01. The Balaban J connectivity index is 1.67. The molecule has 2 saturated heterocycles. The molecule has 1 atom stereocenters. The third-order valence-corrected chi connectivity index (χ3v) is 5.21. The lowest BCUT2D eigenvalue weighted by Crippen LogP contribution is -2.44. The highest BCUT2D eigenvalue weighted by Gasteiger charge is 2.26. The van der Waals surface area contributed by atoms with Gasteiger partial charge in [0.15, 0.2) is 6.61 Å². The van der Waals surface area contributed by atoms with Gasteiger partial charge in [-0.25, -0.2) is 4.79 Å². The molecule has 9 nitrogen and oxygen atoms in total. The van der Waals surface area contributed by atoms with Crippen LogP contribution in [0.1, 0.15) is 36.5 Å². The normalized spacial score (nSPS) is 20.0. The first-order valence-corrected chi connectivity index (χ1v) is 9.55. The fourth-order valence-electron chi connectivity index (χ4n) is 3.63. The molecule has 0 aliphatic carbocycles. The fraction of sp³-hybridized carbons (Fsp3) is 0.579. The van der Waals surface area contributed by atoms with Crippen LogP contribution in [0.4, 0.5) is 11.4 Å². The zero-order chi connectivity index (χ0) is 20.1. The molecule has 0 spiro atoms. The fourth-order valence-corrected chi connectivity index (χ4v) is 3.63. The molecule has 0 bridgehead atoms. The summed E-state index contributed by atoms with van der Waals surface area (Å²) in [4.78, 5) is 39.2. The molecule has 0 unspecified atom stereocenters. The molecule has 0 aromatic heterocycles. The largest absolute Gasteiger partial charge is 0.452 e. The molecule has 0 saturated carbocycles. The van der Waals surface area contributed by atoms with Gasteiger partial charge < -0.3 is 19.3 Å². The summed E-state index contributed by atoms with van der Waals surface area (Å²) in [7, 11) is 0. The molecule has 28 heavy (non-hydrogen) atoms. The van der Waals surface area contributed by atoms with Gasteiger partial charge >= 0.3 is 5.97 Å². The number of ether oxygens (including phenoxy) is 2. The summed E-state index contributed by atoms with van der Waals surface area (Å²) < 4.78 is 10.4. The number of benzene rings is 1. The van der Waals surface area contributed by atoms with Crippen molar-refractivity contribution >= 4 is 23.3 Å². The van der Waals surface area contributed by atoms with Crippen molar-refractivity contribution in [2.45, 2.75) is 32.2 Å². The van der Waals surface area contributed by atoms with Gasteiger partial charge in [-0.05, 0) is 38.3 Å². The predicted octanol–water partition coefficient (Wildman–Crippen LogP) is 1.99. The molecule has 9 heteroatoms. The Bertz CT molecular complexity index is 747. The van der Waals surface area contributed by atoms with Gasteiger partial charge in [0.25, 0.3) is 11.6 Å². The van der Waals surface area contributed by atoms with Crippen LogP contribution in [0.15, 0.2) is 18.2 Å². The Morgan fingerprint density at radius 2 is 2.00 bits per heavy atom. The quantitative estimate of drug-likeness (QED) is 0.430. The molecule has 1 amide bonds. The van der Waals surface area contributed by atoms with Crippen LogP contribution < -0.4 is 4.90 Å². The molecule has 152 valence electrons. The average Bonchev–Trinajstić information content (AvgIpc) is 2.72. The molecule has 2 aliphatic rings. The monoisotopic (exact) mass is 391 g/mol. The molecular formula is C19H25N3O6. The minimum absolute atomic E-state index is 0.0585. The highest BCUT2D eigenvalue weighted by Crippen LogP contribution is 2.30. The molecule has 1 aromatic rings. The van der Waals surface area contributed by atoms with E-state index in [1.165, 1.54) is 12.1 Å². The average molecular weight is 391 g/mol. The summed E-state index contributed by atoms with van der Waals surface area (Å²) in [5.74, 6) is -0.977. The molecule has 3 rings (SSSR count). The maximum atomic E-state index is 12.3. The number of anilines is 1. The zero-order valence-corrected chi connectivity index (χ0v) is 16.0. The summed E-state index contributed by atoms with van der Waals surface area (Å²) in [5.41, 5.74) is 0.346. The first kappa shape index (κ1) is 20.1. The molecule has 2 aliphatic heterocycles. The van der Waals surface area contributed by atoms with Crippen LogP contribution in [0.5, 0.6) is 0 Å². The number of nitro groups is 1. The first-order chi connectivity index (χ1) is 13.5. The second-order valence-corrected chi connectivity index (χ2v) is 7.07. The standard InChI is InChI=1S/C19H25N3O6/c1-14-4-2-3-7-21(14)18(23)13-28-19(24)15-5-6-16(17(12-15)22(25)26)20-8-10-27-11-9-20/h5-6,12,14H,2-4,7-11,13H2,1H3/t14-/m0/s1. The first-order valence-electron chi connectivity index (χ1n) is 9.55. The number of carbonyl (C=O) groups is 2. The maximum Gasteiger partial charge on any atom is 0.338 e. The number of amides is 1. The number of morpholine rings is 1. The van der Waals surface area contributed by atoms with E-state index in [2.05, 4.69) is 0 Å². The number of rotatable bonds is 5. The second-order valence-electron chi connectivity index (χ2n) is 7.07. The lowest BCUT2D eigenvalue weighted by atomic mass is 10.0. The summed E-state index contributed by atoms with van der Waals surface area (Å²) in [6.07, 6.45) is 2.97. The van der Waals surface area contributed by atoms with E-state index in [0.717, 1.165) is 19.3 Å². The number of esters is 1. The SMILES string of the molecule is C[C@H]1CCCCN1C(=O)COC(=O)c1ccc(N2CCOCC2)c([N+](=O)[O-])c1. The van der Waals surface area contributed by atoms with E-state index in [1.807, 2.05) is 11.8 Å². The lowest BCUT2D eigenvalue weighted by Gasteiger charge is -2.33. The van der Waals surface area contributed by atoms with Crippen LogP contribution >= 0.6 is 0 Å². The van der Waals surface area contributed by atoms with E-state index in [-0.39, 0.29) is 29.8 Å². The van der Waals surface area contributed by atoms with Gasteiger partial charge in [-0.15, -0.1) is 0 Å². The molecule has 2 fully saturated rings. The van der Waals surface area contributed by atoms with Crippen molar-refractivity contribution in [1.82, 2.24) is 4.90 Å². The van der Waals surface area contributed by atoms with Crippen molar-refractivity contribution in [3.63, 3.8) is 0 Å². The maximum absolute atomic E-state index is 12.3. The highest BCUT2D eigenvalue weighted by molar-refractivity contribution is 5.93. The number of piperidine rings is 1. The highest BCUT2D eigenvalue weighted by atomic mass is 16.6. The van der Waals surface area contributed by atoms with Gasteiger partial charge in [0.1, 0.15) is 5.69 Å². The summed E-state index contributed by atoms with van der Waals surface area (Å²) in [5, 5.41) is 11.5. The van der Waals surface area contributed by atoms with Crippen molar-refractivity contribution in [3.8, 4) is 0 Å². The number of nitro benzene ring substituents is 1. The van der Waals surface area contributed by atoms with Crippen molar-refractivity contribution < 1.29 is 24.0 Å². The van der Waals surface area contributed by atoms with E-state index in [9.17, 15) is 19.7 Å². The molecule has 1 aromatic carbocycles. The summed E-state index contributed by atoms with van der Waals surface area (Å²) in [6.45, 7) is 4.38. The topological polar surface area (TPSA) is 102 Å². The van der Waals surface area contributed by atoms with Crippen LogP contribution in [-0.2, 0) is 14.3 Å².